The van der Waals surface area contributed by atoms with Crippen LogP contribution in [0.1, 0.15) is 25.0 Å². The van der Waals surface area contributed by atoms with Gasteiger partial charge >= 0.3 is 0 Å². The van der Waals surface area contributed by atoms with E-state index in [0.717, 1.165) is 30.2 Å². The van der Waals surface area contributed by atoms with Crippen molar-refractivity contribution in [2.24, 2.45) is 0 Å². The van der Waals surface area contributed by atoms with Crippen LogP contribution in [-0.4, -0.2) is 46.3 Å². The molecule has 1 aromatic heterocycles. The molecule has 1 fully saturated rings. The standard InChI is InChI=1S/C17H23N5/c1-14-16(18-10-13-22-11-6-3-7-12-22)20-21-17(19-14)15-8-4-2-5-9-15/h2,4-5,8-9H,3,6-7,10-13H2,1H3,(H,18,20). The van der Waals surface area contributed by atoms with E-state index in [1.165, 1.54) is 32.4 Å². The molecule has 22 heavy (non-hydrogen) atoms. The summed E-state index contributed by atoms with van der Waals surface area (Å²) < 4.78 is 0. The minimum absolute atomic E-state index is 0.680. The number of piperidine rings is 1. The van der Waals surface area contributed by atoms with Crippen LogP contribution in [0.3, 0.4) is 0 Å². The number of aromatic nitrogens is 3. The van der Waals surface area contributed by atoms with E-state index in [-0.39, 0.29) is 0 Å². The lowest BCUT2D eigenvalue weighted by Crippen LogP contribution is -2.33. The molecule has 0 radical (unpaired) electrons. The van der Waals surface area contributed by atoms with Crippen LogP contribution in [0.15, 0.2) is 30.3 Å². The lowest BCUT2D eigenvalue weighted by molar-refractivity contribution is 0.237. The summed E-state index contributed by atoms with van der Waals surface area (Å²) in [5.74, 6) is 1.47. The summed E-state index contributed by atoms with van der Waals surface area (Å²) in [6, 6.07) is 9.96. The van der Waals surface area contributed by atoms with Crippen molar-refractivity contribution in [1.82, 2.24) is 20.1 Å². The van der Waals surface area contributed by atoms with Crippen LogP contribution < -0.4 is 5.32 Å². The Hall–Kier alpha value is -2.01. The van der Waals surface area contributed by atoms with Gasteiger partial charge in [0.15, 0.2) is 11.6 Å². The first-order valence-corrected chi connectivity index (χ1v) is 8.06. The van der Waals surface area contributed by atoms with Crippen molar-refractivity contribution < 1.29 is 0 Å². The fourth-order valence-electron chi connectivity index (χ4n) is 2.79. The molecule has 1 aromatic carbocycles. The summed E-state index contributed by atoms with van der Waals surface area (Å²) in [5.41, 5.74) is 1.89. The third-order valence-electron chi connectivity index (χ3n) is 4.06. The normalized spacial score (nSPS) is 15.7. The molecule has 2 heterocycles. The van der Waals surface area contributed by atoms with Gasteiger partial charge in [-0.15, -0.1) is 10.2 Å². The maximum Gasteiger partial charge on any atom is 0.182 e. The number of benzene rings is 1. The predicted molar refractivity (Wildman–Crippen MR) is 88.8 cm³/mol. The lowest BCUT2D eigenvalue weighted by atomic mass is 10.1. The van der Waals surface area contributed by atoms with Gasteiger partial charge in [0.25, 0.3) is 0 Å². The Bertz CT molecular complexity index is 593. The third-order valence-corrected chi connectivity index (χ3v) is 4.06. The van der Waals surface area contributed by atoms with Crippen LogP contribution in [0.25, 0.3) is 11.4 Å². The Morgan fingerprint density at radius 3 is 2.55 bits per heavy atom. The second-order valence-electron chi connectivity index (χ2n) is 5.76. The summed E-state index contributed by atoms with van der Waals surface area (Å²) in [7, 11) is 0. The van der Waals surface area contributed by atoms with E-state index >= 15 is 0 Å². The van der Waals surface area contributed by atoms with Gasteiger partial charge in [0, 0.05) is 18.7 Å². The number of hydrogen-bond donors (Lipinski definition) is 1. The zero-order valence-electron chi connectivity index (χ0n) is 13.1. The van der Waals surface area contributed by atoms with Gasteiger partial charge in [0.1, 0.15) is 0 Å². The monoisotopic (exact) mass is 297 g/mol. The molecule has 3 rings (SSSR count). The largest absolute Gasteiger partial charge is 0.366 e. The number of anilines is 1. The fourth-order valence-corrected chi connectivity index (χ4v) is 2.79. The number of nitrogens with one attached hydrogen (secondary N) is 1. The van der Waals surface area contributed by atoms with Gasteiger partial charge in [-0.3, -0.25) is 0 Å². The SMILES string of the molecule is Cc1nc(-c2ccccc2)nnc1NCCN1CCCCC1. The molecule has 0 atom stereocenters. The summed E-state index contributed by atoms with van der Waals surface area (Å²) in [5, 5.41) is 11.9. The first-order chi connectivity index (χ1) is 10.8. The topological polar surface area (TPSA) is 53.9 Å². The van der Waals surface area contributed by atoms with Crippen LogP contribution in [0, 0.1) is 6.92 Å². The van der Waals surface area contributed by atoms with Gasteiger partial charge < -0.3 is 10.2 Å². The first-order valence-electron chi connectivity index (χ1n) is 8.06. The fraction of sp³-hybridized carbons (Fsp3) is 0.471. The van der Waals surface area contributed by atoms with Crippen molar-refractivity contribution in [3.63, 3.8) is 0 Å². The highest BCUT2D eigenvalue weighted by Crippen LogP contribution is 2.16. The predicted octanol–water partition coefficient (Wildman–Crippen LogP) is 2.74. The van der Waals surface area contributed by atoms with Crippen LogP contribution in [-0.2, 0) is 0 Å². The van der Waals surface area contributed by atoms with Gasteiger partial charge in [-0.05, 0) is 32.9 Å². The highest BCUT2D eigenvalue weighted by molar-refractivity contribution is 5.55. The van der Waals surface area contributed by atoms with Crippen molar-refractivity contribution >= 4 is 5.82 Å². The van der Waals surface area contributed by atoms with E-state index in [4.69, 9.17) is 0 Å². The molecule has 1 saturated heterocycles. The highest BCUT2D eigenvalue weighted by Gasteiger charge is 2.10. The smallest absolute Gasteiger partial charge is 0.182 e. The number of rotatable bonds is 5. The molecule has 0 spiro atoms. The number of likely N-dealkylation sites (tertiary alicyclic amines) is 1. The molecule has 5 nitrogen and oxygen atoms in total. The summed E-state index contributed by atoms with van der Waals surface area (Å²) >= 11 is 0. The maximum atomic E-state index is 4.56. The average Bonchev–Trinajstić information content (AvgIpc) is 2.58. The molecule has 0 saturated carbocycles. The van der Waals surface area contributed by atoms with Gasteiger partial charge in [0.2, 0.25) is 0 Å². The zero-order valence-corrected chi connectivity index (χ0v) is 13.1. The molecule has 1 N–H and O–H groups in total. The minimum atomic E-state index is 0.680. The van der Waals surface area contributed by atoms with Crippen molar-refractivity contribution in [2.75, 3.05) is 31.5 Å². The van der Waals surface area contributed by atoms with Crippen LogP contribution in [0.5, 0.6) is 0 Å². The summed E-state index contributed by atoms with van der Waals surface area (Å²) in [6.07, 6.45) is 4.03. The average molecular weight is 297 g/mol. The Balaban J connectivity index is 1.58. The van der Waals surface area contributed by atoms with E-state index < -0.39 is 0 Å². The molecule has 5 heteroatoms. The first kappa shape index (κ1) is 14.9. The van der Waals surface area contributed by atoms with Gasteiger partial charge in [-0.1, -0.05) is 36.8 Å². The molecular formula is C17H23N5. The van der Waals surface area contributed by atoms with E-state index in [9.17, 15) is 0 Å². The molecule has 1 aliphatic rings. The Morgan fingerprint density at radius 2 is 1.82 bits per heavy atom. The lowest BCUT2D eigenvalue weighted by Gasteiger charge is -2.26. The Labute approximate surface area is 131 Å². The van der Waals surface area contributed by atoms with Crippen LogP contribution in [0.2, 0.25) is 0 Å². The van der Waals surface area contributed by atoms with Gasteiger partial charge in [-0.2, -0.15) is 0 Å². The molecule has 0 unspecified atom stereocenters. The van der Waals surface area contributed by atoms with E-state index in [2.05, 4.69) is 25.4 Å². The molecule has 116 valence electrons. The van der Waals surface area contributed by atoms with E-state index in [1.54, 1.807) is 0 Å². The van der Waals surface area contributed by atoms with Gasteiger partial charge in [0.05, 0.1) is 5.69 Å². The number of aryl methyl sites for hydroxylation is 1. The van der Waals surface area contributed by atoms with Gasteiger partial charge in [-0.25, -0.2) is 4.98 Å². The minimum Gasteiger partial charge on any atom is -0.366 e. The molecule has 0 amide bonds. The van der Waals surface area contributed by atoms with Crippen LogP contribution >= 0.6 is 0 Å². The molecule has 0 bridgehead atoms. The summed E-state index contributed by atoms with van der Waals surface area (Å²) in [4.78, 5) is 7.06. The second kappa shape index (κ2) is 7.31. The van der Waals surface area contributed by atoms with Crippen molar-refractivity contribution in [3.05, 3.63) is 36.0 Å². The van der Waals surface area contributed by atoms with Crippen molar-refractivity contribution in [1.29, 1.82) is 0 Å². The van der Waals surface area contributed by atoms with E-state index in [0.29, 0.717) is 5.82 Å². The van der Waals surface area contributed by atoms with Crippen molar-refractivity contribution in [2.45, 2.75) is 26.2 Å². The molecule has 2 aromatic rings. The maximum absolute atomic E-state index is 4.56. The molecule has 1 aliphatic heterocycles. The highest BCUT2D eigenvalue weighted by atomic mass is 15.2. The zero-order chi connectivity index (χ0) is 15.2. The number of hydrogen-bond acceptors (Lipinski definition) is 5. The molecule has 0 aliphatic carbocycles. The van der Waals surface area contributed by atoms with Crippen LogP contribution in [0.4, 0.5) is 5.82 Å². The Kier molecular flexibility index (Phi) is 4.96. The van der Waals surface area contributed by atoms with E-state index in [1.807, 2.05) is 37.3 Å². The summed E-state index contributed by atoms with van der Waals surface area (Å²) in [6.45, 7) is 6.36. The molecular weight excluding hydrogens is 274 g/mol. The quantitative estimate of drug-likeness (QED) is 0.919. The third kappa shape index (κ3) is 3.80. The number of nitrogens with zero attached hydrogens (tertiary/aromatic N) is 4. The second-order valence-corrected chi connectivity index (χ2v) is 5.76. The Morgan fingerprint density at radius 1 is 1.05 bits per heavy atom. The van der Waals surface area contributed by atoms with Crippen molar-refractivity contribution in [3.8, 4) is 11.4 Å².